The van der Waals surface area contributed by atoms with Crippen molar-refractivity contribution in [1.82, 2.24) is 4.90 Å². The molecule has 3 nitrogen and oxygen atoms in total. The molecule has 1 aliphatic heterocycles. The standard InChI is InChI=1S/C17H18BrNO2S/c18-15-9-8-14(22-15)16(12-5-2-1-3-6-12)19-10-4-7-13(11-19)17(20)21/h1-3,5-6,8-9,13,16H,4,7,10-11H2,(H,20,21). The van der Waals surface area contributed by atoms with Crippen LogP contribution in [0.15, 0.2) is 46.3 Å². The Bertz CT molecular complexity index is 643. The lowest BCUT2D eigenvalue weighted by atomic mass is 9.94. The molecule has 116 valence electrons. The average Bonchev–Trinajstić information content (AvgIpc) is 2.95. The quantitative estimate of drug-likeness (QED) is 0.855. The molecule has 0 spiro atoms. The molecule has 5 heteroatoms. The molecule has 22 heavy (non-hydrogen) atoms. The highest BCUT2D eigenvalue weighted by Gasteiger charge is 2.31. The number of carboxylic acids is 1. The highest BCUT2D eigenvalue weighted by molar-refractivity contribution is 9.11. The molecule has 1 N–H and O–H groups in total. The Hall–Kier alpha value is -1.17. The molecule has 0 radical (unpaired) electrons. The molecule has 0 aliphatic carbocycles. The van der Waals surface area contributed by atoms with E-state index in [0.29, 0.717) is 6.54 Å². The summed E-state index contributed by atoms with van der Waals surface area (Å²) in [7, 11) is 0. The van der Waals surface area contributed by atoms with E-state index >= 15 is 0 Å². The van der Waals surface area contributed by atoms with Gasteiger partial charge in [0, 0.05) is 11.4 Å². The summed E-state index contributed by atoms with van der Waals surface area (Å²) in [6, 6.07) is 14.7. The first-order chi connectivity index (χ1) is 10.6. The second kappa shape index (κ2) is 6.94. The van der Waals surface area contributed by atoms with Gasteiger partial charge in [0.2, 0.25) is 0 Å². The maximum absolute atomic E-state index is 11.4. The van der Waals surface area contributed by atoms with Crippen molar-refractivity contribution in [1.29, 1.82) is 0 Å². The van der Waals surface area contributed by atoms with Crippen LogP contribution in [0, 0.1) is 5.92 Å². The monoisotopic (exact) mass is 379 g/mol. The number of likely N-dealkylation sites (tertiary alicyclic amines) is 1. The summed E-state index contributed by atoms with van der Waals surface area (Å²) in [5, 5.41) is 9.35. The lowest BCUT2D eigenvalue weighted by Gasteiger charge is -2.37. The Morgan fingerprint density at radius 3 is 2.68 bits per heavy atom. The molecule has 0 bridgehead atoms. The van der Waals surface area contributed by atoms with Gasteiger partial charge in [0.1, 0.15) is 0 Å². The number of benzene rings is 1. The predicted octanol–water partition coefficient (Wildman–Crippen LogP) is 4.40. The van der Waals surface area contributed by atoms with Crippen LogP contribution in [0.5, 0.6) is 0 Å². The van der Waals surface area contributed by atoms with Crippen molar-refractivity contribution >= 4 is 33.2 Å². The molecule has 2 atom stereocenters. The SMILES string of the molecule is O=C(O)C1CCCN(C(c2ccccc2)c2ccc(Br)s2)C1. The van der Waals surface area contributed by atoms with Crippen molar-refractivity contribution in [2.75, 3.05) is 13.1 Å². The van der Waals surface area contributed by atoms with E-state index in [9.17, 15) is 9.90 Å². The second-order valence-electron chi connectivity index (χ2n) is 5.63. The summed E-state index contributed by atoms with van der Waals surface area (Å²) in [4.78, 5) is 14.9. The Morgan fingerprint density at radius 1 is 1.27 bits per heavy atom. The molecule has 0 saturated carbocycles. The number of hydrogen-bond acceptors (Lipinski definition) is 3. The number of halogens is 1. The number of carbonyl (C=O) groups is 1. The van der Waals surface area contributed by atoms with E-state index in [0.717, 1.165) is 23.2 Å². The molecule has 2 heterocycles. The van der Waals surface area contributed by atoms with Crippen LogP contribution >= 0.6 is 27.3 Å². The van der Waals surface area contributed by atoms with Crippen molar-refractivity contribution in [3.05, 3.63) is 56.7 Å². The summed E-state index contributed by atoms with van der Waals surface area (Å²) in [5.41, 5.74) is 1.22. The summed E-state index contributed by atoms with van der Waals surface area (Å²) in [5.74, 6) is -0.938. The highest BCUT2D eigenvalue weighted by Crippen LogP contribution is 2.37. The third-order valence-electron chi connectivity index (χ3n) is 4.15. The van der Waals surface area contributed by atoms with Crippen LogP contribution in [0.3, 0.4) is 0 Å². The van der Waals surface area contributed by atoms with Crippen LogP contribution in [-0.2, 0) is 4.79 Å². The number of piperidine rings is 1. The number of hydrogen-bond donors (Lipinski definition) is 1. The summed E-state index contributed by atoms with van der Waals surface area (Å²) < 4.78 is 1.11. The van der Waals surface area contributed by atoms with E-state index in [1.54, 1.807) is 11.3 Å². The van der Waals surface area contributed by atoms with Gasteiger partial charge in [0.25, 0.3) is 0 Å². The smallest absolute Gasteiger partial charge is 0.307 e. The lowest BCUT2D eigenvalue weighted by Crippen LogP contribution is -2.41. The summed E-state index contributed by atoms with van der Waals surface area (Å²) >= 11 is 5.26. The van der Waals surface area contributed by atoms with Gasteiger partial charge in [-0.3, -0.25) is 9.69 Å². The molecule has 1 saturated heterocycles. The van der Waals surface area contributed by atoms with Crippen LogP contribution < -0.4 is 0 Å². The van der Waals surface area contributed by atoms with E-state index in [4.69, 9.17) is 0 Å². The highest BCUT2D eigenvalue weighted by atomic mass is 79.9. The topological polar surface area (TPSA) is 40.5 Å². The number of carboxylic acid groups (broad SMARTS) is 1. The van der Waals surface area contributed by atoms with Crippen LogP contribution in [0.25, 0.3) is 0 Å². The van der Waals surface area contributed by atoms with Gasteiger partial charge in [-0.25, -0.2) is 0 Å². The van der Waals surface area contributed by atoms with Gasteiger partial charge in [-0.2, -0.15) is 0 Å². The zero-order valence-electron chi connectivity index (χ0n) is 12.1. The largest absolute Gasteiger partial charge is 0.481 e. The van der Waals surface area contributed by atoms with Gasteiger partial charge in [-0.15, -0.1) is 11.3 Å². The second-order valence-corrected chi connectivity index (χ2v) is 8.12. The number of thiophene rings is 1. The molecule has 1 aromatic carbocycles. The first kappa shape index (κ1) is 15.7. The number of aliphatic carboxylic acids is 1. The van der Waals surface area contributed by atoms with Crippen molar-refractivity contribution in [3.8, 4) is 0 Å². The maximum atomic E-state index is 11.4. The van der Waals surface area contributed by atoms with E-state index in [-0.39, 0.29) is 12.0 Å². The molecular weight excluding hydrogens is 362 g/mol. The van der Waals surface area contributed by atoms with Gasteiger partial charge >= 0.3 is 5.97 Å². The van der Waals surface area contributed by atoms with Crippen LogP contribution in [0.4, 0.5) is 0 Å². The van der Waals surface area contributed by atoms with Gasteiger partial charge in [0.05, 0.1) is 15.7 Å². The Labute approximate surface area is 142 Å². The van der Waals surface area contributed by atoms with Crippen LogP contribution in [0.1, 0.15) is 29.3 Å². The molecule has 1 aliphatic rings. The molecule has 2 aromatic rings. The maximum Gasteiger partial charge on any atom is 0.307 e. The Balaban J connectivity index is 1.93. The normalized spacial score (nSPS) is 20.7. The van der Waals surface area contributed by atoms with Crippen LogP contribution in [0.2, 0.25) is 0 Å². The van der Waals surface area contributed by atoms with Gasteiger partial charge in [-0.1, -0.05) is 30.3 Å². The first-order valence-corrected chi connectivity index (χ1v) is 9.03. The Morgan fingerprint density at radius 2 is 2.05 bits per heavy atom. The van der Waals surface area contributed by atoms with Gasteiger partial charge in [0.15, 0.2) is 0 Å². The third-order valence-corrected chi connectivity index (χ3v) is 5.82. The molecule has 0 amide bonds. The van der Waals surface area contributed by atoms with E-state index in [1.807, 2.05) is 18.2 Å². The summed E-state index contributed by atoms with van der Waals surface area (Å²) in [6.45, 7) is 1.56. The predicted molar refractivity (Wildman–Crippen MR) is 92.2 cm³/mol. The van der Waals surface area contributed by atoms with Gasteiger partial charge < -0.3 is 5.11 Å². The first-order valence-electron chi connectivity index (χ1n) is 7.42. The van der Waals surface area contributed by atoms with Crippen molar-refractivity contribution in [2.24, 2.45) is 5.92 Å². The van der Waals surface area contributed by atoms with Crippen molar-refractivity contribution in [3.63, 3.8) is 0 Å². The number of rotatable bonds is 4. The molecule has 1 aromatic heterocycles. The fourth-order valence-corrected chi connectivity index (χ4v) is 4.70. The fraction of sp³-hybridized carbons (Fsp3) is 0.353. The van der Waals surface area contributed by atoms with Crippen molar-refractivity contribution < 1.29 is 9.90 Å². The minimum absolute atomic E-state index is 0.139. The zero-order valence-corrected chi connectivity index (χ0v) is 14.5. The molecule has 1 fully saturated rings. The summed E-state index contributed by atoms with van der Waals surface area (Å²) in [6.07, 6.45) is 1.72. The number of nitrogens with zero attached hydrogens (tertiary/aromatic N) is 1. The Kier molecular flexibility index (Phi) is 4.96. The van der Waals surface area contributed by atoms with E-state index in [2.05, 4.69) is 45.1 Å². The third kappa shape index (κ3) is 3.42. The van der Waals surface area contributed by atoms with Crippen molar-refractivity contribution in [2.45, 2.75) is 18.9 Å². The fourth-order valence-electron chi connectivity index (χ4n) is 3.11. The van der Waals surface area contributed by atoms with E-state index < -0.39 is 5.97 Å². The molecule has 3 rings (SSSR count). The zero-order chi connectivity index (χ0) is 15.5. The molecule has 2 unspecified atom stereocenters. The van der Waals surface area contributed by atoms with Crippen LogP contribution in [-0.4, -0.2) is 29.1 Å². The minimum atomic E-state index is -0.677. The molecular formula is C17H18BrNO2S. The lowest BCUT2D eigenvalue weighted by molar-refractivity contribution is -0.143. The average molecular weight is 380 g/mol. The van der Waals surface area contributed by atoms with Gasteiger partial charge in [-0.05, 0) is 53.0 Å². The van der Waals surface area contributed by atoms with E-state index in [1.165, 1.54) is 10.4 Å². The minimum Gasteiger partial charge on any atom is -0.481 e.